The Morgan fingerprint density at radius 1 is 1.30 bits per heavy atom. The summed E-state index contributed by atoms with van der Waals surface area (Å²) in [5.41, 5.74) is 1.36. The van der Waals surface area contributed by atoms with Crippen LogP contribution >= 0.6 is 0 Å². The van der Waals surface area contributed by atoms with Crippen molar-refractivity contribution in [3.05, 3.63) is 35.5 Å². The fourth-order valence-corrected chi connectivity index (χ4v) is 7.51. The van der Waals surface area contributed by atoms with E-state index in [4.69, 9.17) is 4.74 Å². The number of fused-ring (bicyclic) bond motifs is 5. The lowest BCUT2D eigenvalue weighted by Gasteiger charge is -2.57. The van der Waals surface area contributed by atoms with Gasteiger partial charge in [-0.3, -0.25) is 14.4 Å². The molecule has 0 aromatic heterocycles. The molecule has 0 heterocycles. The maximum absolute atomic E-state index is 13.0. The molecule has 4 aliphatic rings. The van der Waals surface area contributed by atoms with Gasteiger partial charge in [-0.1, -0.05) is 38.5 Å². The summed E-state index contributed by atoms with van der Waals surface area (Å²) in [6, 6.07) is 0. The molecule has 8 atom stereocenters. The van der Waals surface area contributed by atoms with E-state index in [2.05, 4.69) is 26.8 Å². The topological polar surface area (TPSA) is 80.7 Å². The van der Waals surface area contributed by atoms with Crippen LogP contribution in [0.4, 0.5) is 0 Å². The average molecular weight is 413 g/mol. The summed E-state index contributed by atoms with van der Waals surface area (Å²) in [6.07, 6.45) is 8.42. The quantitative estimate of drug-likeness (QED) is 0.719. The SMILES string of the molecule is CC(=O)OCC(=O)[C@H]1[C@H](C)C[C@H]2[C@@H]3C=C(C)C4=CC(=O)C=C[C@]4(C)[C@H]3[C@H](O)C[C@@]21C. The number of esters is 1. The van der Waals surface area contributed by atoms with Gasteiger partial charge >= 0.3 is 5.97 Å². The van der Waals surface area contributed by atoms with Crippen LogP contribution < -0.4 is 0 Å². The van der Waals surface area contributed by atoms with Crippen LogP contribution in [0.25, 0.3) is 0 Å². The number of allylic oxidation sites excluding steroid dienone is 6. The number of ether oxygens (including phenoxy) is 1. The fourth-order valence-electron chi connectivity index (χ4n) is 7.51. The van der Waals surface area contributed by atoms with Gasteiger partial charge in [-0.2, -0.15) is 0 Å². The summed E-state index contributed by atoms with van der Waals surface area (Å²) in [5.74, 6) is -0.204. The lowest BCUT2D eigenvalue weighted by Crippen LogP contribution is -2.56. The molecule has 0 aromatic rings. The monoisotopic (exact) mass is 412 g/mol. The van der Waals surface area contributed by atoms with E-state index in [9.17, 15) is 19.5 Å². The lowest BCUT2D eigenvalue weighted by molar-refractivity contribution is -0.151. The zero-order valence-corrected chi connectivity index (χ0v) is 18.5. The number of ketones is 2. The van der Waals surface area contributed by atoms with E-state index < -0.39 is 12.1 Å². The van der Waals surface area contributed by atoms with E-state index in [-0.39, 0.29) is 58.6 Å². The Kier molecular flexibility index (Phi) is 4.96. The molecule has 0 radical (unpaired) electrons. The predicted octanol–water partition coefficient (Wildman–Crippen LogP) is 3.43. The summed E-state index contributed by atoms with van der Waals surface area (Å²) in [7, 11) is 0. The van der Waals surface area contributed by atoms with E-state index >= 15 is 0 Å². The van der Waals surface area contributed by atoms with Crippen molar-refractivity contribution in [3.63, 3.8) is 0 Å². The Morgan fingerprint density at radius 3 is 2.67 bits per heavy atom. The Bertz CT molecular complexity index is 895. The molecule has 4 rings (SSSR count). The van der Waals surface area contributed by atoms with Crippen molar-refractivity contribution in [2.45, 2.75) is 53.6 Å². The zero-order valence-electron chi connectivity index (χ0n) is 18.5. The van der Waals surface area contributed by atoms with Gasteiger partial charge < -0.3 is 9.84 Å². The van der Waals surface area contributed by atoms with Crippen molar-refractivity contribution >= 4 is 17.5 Å². The first-order valence-corrected chi connectivity index (χ1v) is 11.0. The number of aliphatic hydroxyl groups is 1. The molecule has 162 valence electrons. The number of Topliss-reactive ketones (excluding diaryl/α,β-unsaturated/α-hetero) is 1. The van der Waals surface area contributed by atoms with Gasteiger partial charge in [-0.25, -0.2) is 0 Å². The molecular weight excluding hydrogens is 380 g/mol. The molecule has 0 saturated heterocycles. The summed E-state index contributed by atoms with van der Waals surface area (Å²) in [6.45, 7) is 9.53. The highest BCUT2D eigenvalue weighted by molar-refractivity contribution is 6.02. The standard InChI is InChI=1S/C25H32O5/c1-13-8-17-19-9-14(2)22(21(29)12-30-15(3)26)25(19,5)11-20(28)23(17)24(4)7-6-16(27)10-18(13)24/h6-8,10,14,17,19-20,22-23,28H,9,11-12H2,1-5H3/t14-,17+,19+,20-,22-,23-,24+,25+/m1/s1. The van der Waals surface area contributed by atoms with Crippen molar-refractivity contribution in [1.82, 2.24) is 0 Å². The number of carbonyl (C=O) groups excluding carboxylic acids is 3. The minimum atomic E-state index is -0.582. The van der Waals surface area contributed by atoms with Gasteiger partial charge in [0, 0.05) is 24.2 Å². The van der Waals surface area contributed by atoms with Crippen molar-refractivity contribution in [2.24, 2.45) is 40.4 Å². The molecule has 1 N–H and O–H groups in total. The Morgan fingerprint density at radius 2 is 2.00 bits per heavy atom. The average Bonchev–Trinajstić information content (AvgIpc) is 2.91. The molecule has 4 aliphatic carbocycles. The minimum Gasteiger partial charge on any atom is -0.458 e. The molecule has 0 bridgehead atoms. The van der Waals surface area contributed by atoms with Crippen LogP contribution in [0.5, 0.6) is 0 Å². The Hall–Kier alpha value is -2.01. The molecule has 30 heavy (non-hydrogen) atoms. The molecule has 5 nitrogen and oxygen atoms in total. The second-order valence-electron chi connectivity index (χ2n) is 10.4. The van der Waals surface area contributed by atoms with Crippen molar-refractivity contribution in [1.29, 1.82) is 0 Å². The third kappa shape index (κ3) is 2.96. The van der Waals surface area contributed by atoms with Gasteiger partial charge in [0.05, 0.1) is 6.10 Å². The van der Waals surface area contributed by atoms with Crippen molar-refractivity contribution < 1.29 is 24.2 Å². The highest BCUT2D eigenvalue weighted by Gasteiger charge is 2.63. The molecule has 2 saturated carbocycles. The van der Waals surface area contributed by atoms with Crippen LogP contribution in [0, 0.1) is 40.4 Å². The van der Waals surface area contributed by atoms with Gasteiger partial charge in [0.15, 0.2) is 11.6 Å². The first-order chi connectivity index (χ1) is 14.0. The number of hydrogen-bond donors (Lipinski definition) is 1. The molecular formula is C25H32O5. The molecule has 5 heteroatoms. The van der Waals surface area contributed by atoms with Crippen LogP contribution in [-0.2, 0) is 19.1 Å². The van der Waals surface area contributed by atoms with Crippen LogP contribution in [-0.4, -0.2) is 35.4 Å². The summed E-state index contributed by atoms with van der Waals surface area (Å²) < 4.78 is 5.03. The smallest absolute Gasteiger partial charge is 0.303 e. The van der Waals surface area contributed by atoms with Crippen LogP contribution in [0.2, 0.25) is 0 Å². The van der Waals surface area contributed by atoms with Crippen molar-refractivity contribution in [2.75, 3.05) is 6.61 Å². The van der Waals surface area contributed by atoms with Gasteiger partial charge in [0.2, 0.25) is 0 Å². The molecule has 2 fully saturated rings. The van der Waals surface area contributed by atoms with E-state index in [0.717, 1.165) is 17.6 Å². The van der Waals surface area contributed by atoms with Gasteiger partial charge in [0.25, 0.3) is 0 Å². The number of rotatable bonds is 3. The maximum Gasteiger partial charge on any atom is 0.303 e. The Balaban J connectivity index is 1.73. The van der Waals surface area contributed by atoms with E-state index in [1.165, 1.54) is 6.92 Å². The molecule has 0 aliphatic heterocycles. The minimum absolute atomic E-state index is 0.00515. The van der Waals surface area contributed by atoms with Gasteiger partial charge in [0.1, 0.15) is 6.61 Å². The first kappa shape index (κ1) is 21.2. The van der Waals surface area contributed by atoms with Gasteiger partial charge in [-0.15, -0.1) is 0 Å². The third-order valence-corrected chi connectivity index (χ3v) is 8.48. The highest BCUT2D eigenvalue weighted by atomic mass is 16.5. The molecule has 0 unspecified atom stereocenters. The van der Waals surface area contributed by atoms with E-state index in [1.54, 1.807) is 12.2 Å². The van der Waals surface area contributed by atoms with Crippen molar-refractivity contribution in [3.8, 4) is 0 Å². The number of hydrogen-bond acceptors (Lipinski definition) is 5. The van der Waals surface area contributed by atoms with Crippen LogP contribution in [0.3, 0.4) is 0 Å². The van der Waals surface area contributed by atoms with Crippen LogP contribution in [0.1, 0.15) is 47.5 Å². The summed E-state index contributed by atoms with van der Waals surface area (Å²) >= 11 is 0. The lowest BCUT2D eigenvalue weighted by atomic mass is 9.47. The fraction of sp³-hybridized carbons (Fsp3) is 0.640. The largest absolute Gasteiger partial charge is 0.458 e. The second-order valence-corrected chi connectivity index (χ2v) is 10.4. The first-order valence-electron chi connectivity index (χ1n) is 11.0. The summed E-state index contributed by atoms with van der Waals surface area (Å²) in [4.78, 5) is 36.3. The molecule has 0 spiro atoms. The molecule has 0 amide bonds. The Labute approximate surface area is 178 Å². The normalized spacial score (nSPS) is 44.4. The van der Waals surface area contributed by atoms with Crippen LogP contribution in [0.15, 0.2) is 35.5 Å². The number of carbonyl (C=O) groups is 3. The maximum atomic E-state index is 13.0. The highest BCUT2D eigenvalue weighted by Crippen LogP contribution is 2.66. The van der Waals surface area contributed by atoms with Gasteiger partial charge in [-0.05, 0) is 60.7 Å². The zero-order chi connectivity index (χ0) is 22.0. The second kappa shape index (κ2) is 7.01. The predicted molar refractivity (Wildman–Crippen MR) is 112 cm³/mol. The summed E-state index contributed by atoms with van der Waals surface area (Å²) in [5, 5.41) is 11.4. The third-order valence-electron chi connectivity index (χ3n) is 8.48. The molecule has 0 aromatic carbocycles. The number of aliphatic hydroxyl groups excluding tert-OH is 1. The van der Waals surface area contributed by atoms with E-state index in [1.807, 2.05) is 13.0 Å². The van der Waals surface area contributed by atoms with E-state index in [0.29, 0.717) is 6.42 Å².